The smallest absolute Gasteiger partial charge is 0.225 e. The molecule has 0 atom stereocenters. The number of anilines is 1. The van der Waals surface area contributed by atoms with Gasteiger partial charge in [0, 0.05) is 42.7 Å². The van der Waals surface area contributed by atoms with E-state index in [1.54, 1.807) is 18.3 Å². The van der Waals surface area contributed by atoms with Gasteiger partial charge in [0.15, 0.2) is 0 Å². The molecule has 1 aromatic carbocycles. The maximum atomic E-state index is 13.1. The highest BCUT2D eigenvalue weighted by Crippen LogP contribution is 2.27. The lowest BCUT2D eigenvalue weighted by molar-refractivity contribution is -0.138. The molecule has 170 valence electrons. The number of hydrogen-bond acceptors (Lipinski definition) is 6. The van der Waals surface area contributed by atoms with Gasteiger partial charge >= 0.3 is 0 Å². The Hall–Kier alpha value is -2.64. The number of rotatable bonds is 5. The molecule has 3 heterocycles. The maximum Gasteiger partial charge on any atom is 0.225 e. The highest BCUT2D eigenvalue weighted by Gasteiger charge is 2.32. The fourth-order valence-corrected chi connectivity index (χ4v) is 4.94. The molecule has 2 aliphatic rings. The quantitative estimate of drug-likeness (QED) is 0.407. The van der Waals surface area contributed by atoms with Crippen molar-refractivity contribution in [2.24, 2.45) is 17.0 Å². The van der Waals surface area contributed by atoms with Crippen LogP contribution >= 0.6 is 11.6 Å². The third-order valence-electron chi connectivity index (χ3n) is 6.63. The number of pyridine rings is 1. The van der Waals surface area contributed by atoms with Crippen LogP contribution in [0.25, 0.3) is 0 Å². The van der Waals surface area contributed by atoms with Crippen molar-refractivity contribution in [3.05, 3.63) is 58.7 Å². The Morgan fingerprint density at radius 1 is 1.06 bits per heavy atom. The number of nitrogens with two attached hydrogens (primary N) is 1. The van der Waals surface area contributed by atoms with Gasteiger partial charge in [0.1, 0.15) is 5.82 Å². The minimum absolute atomic E-state index is 0.0903. The first kappa shape index (κ1) is 22.6. The van der Waals surface area contributed by atoms with Gasteiger partial charge in [-0.05, 0) is 74.2 Å². The summed E-state index contributed by atoms with van der Waals surface area (Å²) in [5, 5.41) is 13.8. The van der Waals surface area contributed by atoms with Crippen molar-refractivity contribution in [1.82, 2.24) is 14.8 Å². The summed E-state index contributed by atoms with van der Waals surface area (Å²) in [5.74, 6) is 1.04. The SMILES string of the molecule is Nc1cc(CN2CCC(C(=O)N3CCC(/C(=N\O)c4ccc(Cl)cc4)CC3)CC2)ccn1. The Morgan fingerprint density at radius 2 is 1.72 bits per heavy atom. The van der Waals surface area contributed by atoms with Gasteiger partial charge in [-0.2, -0.15) is 0 Å². The van der Waals surface area contributed by atoms with Crippen molar-refractivity contribution in [3.8, 4) is 0 Å². The zero-order valence-corrected chi connectivity index (χ0v) is 18.9. The molecule has 2 aliphatic heterocycles. The van der Waals surface area contributed by atoms with E-state index in [1.165, 1.54) is 0 Å². The lowest BCUT2D eigenvalue weighted by Gasteiger charge is -2.37. The van der Waals surface area contributed by atoms with E-state index < -0.39 is 0 Å². The van der Waals surface area contributed by atoms with Crippen LogP contribution in [-0.2, 0) is 11.3 Å². The first-order valence-electron chi connectivity index (χ1n) is 11.2. The second kappa shape index (κ2) is 10.3. The molecule has 2 aromatic rings. The number of carbonyl (C=O) groups is 1. The summed E-state index contributed by atoms with van der Waals surface area (Å²) in [6.45, 7) is 4.06. The van der Waals surface area contributed by atoms with Gasteiger partial charge in [0.05, 0.1) is 5.71 Å². The largest absolute Gasteiger partial charge is 0.411 e. The van der Waals surface area contributed by atoms with E-state index in [0.29, 0.717) is 29.6 Å². The molecule has 0 aliphatic carbocycles. The third-order valence-corrected chi connectivity index (χ3v) is 6.88. The van der Waals surface area contributed by atoms with Crippen molar-refractivity contribution in [2.45, 2.75) is 32.2 Å². The summed E-state index contributed by atoms with van der Waals surface area (Å²) < 4.78 is 0. The summed E-state index contributed by atoms with van der Waals surface area (Å²) in [6.07, 6.45) is 5.11. The van der Waals surface area contributed by atoms with Crippen LogP contribution in [-0.4, -0.2) is 57.8 Å². The van der Waals surface area contributed by atoms with Crippen molar-refractivity contribution in [1.29, 1.82) is 0 Å². The number of piperidine rings is 2. The van der Waals surface area contributed by atoms with Crippen molar-refractivity contribution in [2.75, 3.05) is 31.9 Å². The number of aromatic nitrogens is 1. The molecule has 2 fully saturated rings. The van der Waals surface area contributed by atoms with E-state index in [-0.39, 0.29) is 17.7 Å². The molecule has 32 heavy (non-hydrogen) atoms. The Balaban J connectivity index is 1.26. The molecule has 7 nitrogen and oxygen atoms in total. The van der Waals surface area contributed by atoms with Crippen LogP contribution < -0.4 is 5.73 Å². The molecule has 4 rings (SSSR count). The molecule has 0 radical (unpaired) electrons. The molecule has 1 amide bonds. The number of hydrogen-bond donors (Lipinski definition) is 2. The highest BCUT2D eigenvalue weighted by atomic mass is 35.5. The second-order valence-electron chi connectivity index (χ2n) is 8.73. The summed E-state index contributed by atoms with van der Waals surface area (Å²) in [7, 11) is 0. The Morgan fingerprint density at radius 3 is 2.34 bits per heavy atom. The van der Waals surface area contributed by atoms with E-state index in [9.17, 15) is 10.0 Å². The van der Waals surface area contributed by atoms with Gasteiger partial charge in [0.2, 0.25) is 5.91 Å². The zero-order valence-electron chi connectivity index (χ0n) is 18.2. The number of benzene rings is 1. The highest BCUT2D eigenvalue weighted by molar-refractivity contribution is 6.30. The number of nitrogen functional groups attached to an aromatic ring is 1. The van der Waals surface area contributed by atoms with Crippen LogP contribution in [0.4, 0.5) is 5.82 Å². The number of oxime groups is 1. The monoisotopic (exact) mass is 455 g/mol. The van der Waals surface area contributed by atoms with Crippen LogP contribution in [0.2, 0.25) is 5.02 Å². The third kappa shape index (κ3) is 5.40. The van der Waals surface area contributed by atoms with Crippen LogP contribution in [0.5, 0.6) is 0 Å². The minimum atomic E-state index is 0.0903. The Bertz CT molecular complexity index is 949. The number of halogens is 1. The average molecular weight is 456 g/mol. The molecule has 0 saturated carbocycles. The van der Waals surface area contributed by atoms with Gasteiger partial charge in [0.25, 0.3) is 0 Å². The van der Waals surface area contributed by atoms with Crippen molar-refractivity contribution < 1.29 is 10.0 Å². The molecular formula is C24H30ClN5O2. The molecule has 1 aromatic heterocycles. The summed E-state index contributed by atoms with van der Waals surface area (Å²) in [4.78, 5) is 21.5. The molecule has 0 unspecified atom stereocenters. The summed E-state index contributed by atoms with van der Waals surface area (Å²) in [5.41, 5.74) is 8.50. The average Bonchev–Trinajstić information content (AvgIpc) is 2.81. The van der Waals surface area contributed by atoms with Gasteiger partial charge in [-0.3, -0.25) is 9.69 Å². The molecule has 2 saturated heterocycles. The fourth-order valence-electron chi connectivity index (χ4n) is 4.82. The lowest BCUT2D eigenvalue weighted by atomic mass is 9.87. The van der Waals surface area contributed by atoms with Gasteiger partial charge in [-0.1, -0.05) is 28.9 Å². The number of nitrogens with zero attached hydrogens (tertiary/aromatic N) is 4. The van der Waals surface area contributed by atoms with Crippen LogP contribution in [0.3, 0.4) is 0 Å². The van der Waals surface area contributed by atoms with Gasteiger partial charge in [-0.15, -0.1) is 0 Å². The second-order valence-corrected chi connectivity index (χ2v) is 9.17. The maximum absolute atomic E-state index is 13.1. The summed E-state index contributed by atoms with van der Waals surface area (Å²) >= 11 is 5.97. The minimum Gasteiger partial charge on any atom is -0.411 e. The first-order valence-corrected chi connectivity index (χ1v) is 11.6. The van der Waals surface area contributed by atoms with Gasteiger partial charge < -0.3 is 15.8 Å². The standard InChI is InChI=1S/C24H30ClN5O2/c25-21-3-1-18(2-4-21)23(28-32)19-8-13-30(14-9-19)24(31)20-6-11-29(12-7-20)16-17-5-10-27-22(26)15-17/h1-5,10,15,19-20,32H,6-9,11-14,16H2,(H2,26,27)/b28-23-. The Labute approximate surface area is 193 Å². The van der Waals surface area contributed by atoms with E-state index in [4.69, 9.17) is 17.3 Å². The number of carbonyl (C=O) groups excluding carboxylic acids is 1. The van der Waals surface area contributed by atoms with Crippen LogP contribution in [0.1, 0.15) is 36.8 Å². The first-order chi connectivity index (χ1) is 15.5. The predicted molar refractivity (Wildman–Crippen MR) is 126 cm³/mol. The van der Waals surface area contributed by atoms with E-state index in [1.807, 2.05) is 29.2 Å². The molecule has 3 N–H and O–H groups in total. The predicted octanol–water partition coefficient (Wildman–Crippen LogP) is 3.65. The Kier molecular flexibility index (Phi) is 7.27. The lowest BCUT2D eigenvalue weighted by Crippen LogP contribution is -2.46. The molecular weight excluding hydrogens is 426 g/mol. The molecule has 0 spiro atoms. The normalized spacial score (nSPS) is 19.3. The van der Waals surface area contributed by atoms with Crippen molar-refractivity contribution in [3.63, 3.8) is 0 Å². The zero-order chi connectivity index (χ0) is 22.5. The number of amides is 1. The molecule has 8 heteroatoms. The van der Waals surface area contributed by atoms with E-state index >= 15 is 0 Å². The van der Waals surface area contributed by atoms with Gasteiger partial charge in [-0.25, -0.2) is 4.98 Å². The van der Waals surface area contributed by atoms with Crippen molar-refractivity contribution >= 4 is 29.0 Å². The fraction of sp³-hybridized carbons (Fsp3) is 0.458. The van der Waals surface area contributed by atoms with E-state index in [0.717, 1.165) is 56.4 Å². The number of likely N-dealkylation sites (tertiary alicyclic amines) is 2. The topological polar surface area (TPSA) is 95.0 Å². The van der Waals surface area contributed by atoms with Crippen LogP contribution in [0.15, 0.2) is 47.8 Å². The summed E-state index contributed by atoms with van der Waals surface area (Å²) in [6, 6.07) is 11.3. The molecule has 0 bridgehead atoms. The van der Waals surface area contributed by atoms with E-state index in [2.05, 4.69) is 15.0 Å². The van der Waals surface area contributed by atoms with Crippen LogP contribution in [0, 0.1) is 11.8 Å².